The van der Waals surface area contributed by atoms with Gasteiger partial charge in [-0.15, -0.1) is 0 Å². The molecule has 0 fully saturated rings. The monoisotopic (exact) mass is 341 g/mol. The molecular weight excluding hydrogens is 329 g/mol. The molecule has 1 amide bonds. The Hall–Kier alpha value is -2.05. The van der Waals surface area contributed by atoms with Crippen LogP contribution in [0.25, 0.3) is 0 Å². The van der Waals surface area contributed by atoms with Gasteiger partial charge >= 0.3 is 5.97 Å². The standard InChI is InChI=1S/C14H13Cl2N3O3/c1-8(22-14(21)11-4-3-5-19(11)2)13(20)18-12-10(16)6-9(15)7-17-12/h3-8H,1-2H3,(H,17,18,20)/t8-/m0/s1. The molecule has 0 aliphatic rings. The lowest BCUT2D eigenvalue weighted by Crippen LogP contribution is -2.30. The molecule has 8 heteroatoms. The molecule has 1 atom stereocenters. The molecule has 22 heavy (non-hydrogen) atoms. The normalized spacial score (nSPS) is 11.8. The first kappa shape index (κ1) is 16.3. The van der Waals surface area contributed by atoms with E-state index in [0.717, 1.165) is 0 Å². The van der Waals surface area contributed by atoms with Crippen molar-refractivity contribution in [3.05, 3.63) is 46.3 Å². The van der Waals surface area contributed by atoms with Gasteiger partial charge in [-0.1, -0.05) is 23.2 Å². The smallest absolute Gasteiger partial charge is 0.355 e. The number of rotatable bonds is 4. The van der Waals surface area contributed by atoms with Crippen LogP contribution < -0.4 is 5.32 Å². The minimum Gasteiger partial charge on any atom is -0.448 e. The Balaban J connectivity index is 2.00. The highest BCUT2D eigenvalue weighted by molar-refractivity contribution is 6.36. The number of ether oxygens (including phenoxy) is 1. The lowest BCUT2D eigenvalue weighted by molar-refractivity contribution is -0.123. The second kappa shape index (κ2) is 6.81. The summed E-state index contributed by atoms with van der Waals surface area (Å²) in [5.41, 5.74) is 0.349. The van der Waals surface area contributed by atoms with Crippen LogP contribution in [0.1, 0.15) is 17.4 Å². The molecular formula is C14H13Cl2N3O3. The van der Waals surface area contributed by atoms with E-state index in [1.165, 1.54) is 19.2 Å². The first-order chi connectivity index (χ1) is 10.4. The zero-order valence-corrected chi connectivity index (χ0v) is 13.4. The van der Waals surface area contributed by atoms with E-state index in [9.17, 15) is 9.59 Å². The number of amides is 1. The topological polar surface area (TPSA) is 73.2 Å². The molecule has 2 aromatic heterocycles. The molecule has 0 radical (unpaired) electrons. The number of aromatic nitrogens is 2. The van der Waals surface area contributed by atoms with Gasteiger partial charge in [0.05, 0.1) is 10.0 Å². The molecule has 0 saturated carbocycles. The Morgan fingerprint density at radius 2 is 2.14 bits per heavy atom. The summed E-state index contributed by atoms with van der Waals surface area (Å²) in [7, 11) is 1.71. The fourth-order valence-corrected chi connectivity index (χ4v) is 2.10. The minimum atomic E-state index is -1.00. The van der Waals surface area contributed by atoms with Crippen molar-refractivity contribution in [2.24, 2.45) is 7.05 Å². The second-order valence-corrected chi connectivity index (χ2v) is 5.37. The number of pyridine rings is 1. The maximum atomic E-state index is 12.0. The van der Waals surface area contributed by atoms with E-state index in [0.29, 0.717) is 10.7 Å². The third-order valence-corrected chi connectivity index (χ3v) is 3.35. The third-order valence-electron chi connectivity index (χ3n) is 2.86. The number of hydrogen-bond donors (Lipinski definition) is 1. The summed E-state index contributed by atoms with van der Waals surface area (Å²) in [5.74, 6) is -0.984. The molecule has 0 aliphatic carbocycles. The Labute approximate surface area is 137 Å². The number of halogens is 2. The SMILES string of the molecule is C[C@H](OC(=O)c1cccn1C)C(=O)Nc1ncc(Cl)cc1Cl. The van der Waals surface area contributed by atoms with Gasteiger partial charge in [0.1, 0.15) is 5.69 Å². The number of esters is 1. The lowest BCUT2D eigenvalue weighted by atomic mass is 10.3. The zero-order chi connectivity index (χ0) is 16.3. The first-order valence-electron chi connectivity index (χ1n) is 6.32. The van der Waals surface area contributed by atoms with Crippen molar-refractivity contribution in [2.75, 3.05) is 5.32 Å². The van der Waals surface area contributed by atoms with E-state index < -0.39 is 18.0 Å². The Morgan fingerprint density at radius 1 is 1.41 bits per heavy atom. The number of hydrogen-bond acceptors (Lipinski definition) is 4. The number of anilines is 1. The number of carbonyl (C=O) groups is 2. The number of carbonyl (C=O) groups excluding carboxylic acids is 2. The zero-order valence-electron chi connectivity index (χ0n) is 11.8. The second-order valence-electron chi connectivity index (χ2n) is 4.53. The van der Waals surface area contributed by atoms with Gasteiger partial charge in [-0.3, -0.25) is 4.79 Å². The predicted octanol–water partition coefficient (Wildman–Crippen LogP) is 2.91. The van der Waals surface area contributed by atoms with Gasteiger partial charge in [-0.2, -0.15) is 0 Å². The number of aryl methyl sites for hydroxylation is 1. The van der Waals surface area contributed by atoms with Gasteiger partial charge in [0, 0.05) is 19.4 Å². The Morgan fingerprint density at radius 3 is 2.73 bits per heavy atom. The summed E-state index contributed by atoms with van der Waals surface area (Å²) in [4.78, 5) is 27.8. The van der Waals surface area contributed by atoms with Crippen molar-refractivity contribution in [3.63, 3.8) is 0 Å². The van der Waals surface area contributed by atoms with Crippen molar-refractivity contribution in [2.45, 2.75) is 13.0 Å². The number of nitrogens with one attached hydrogen (secondary N) is 1. The van der Waals surface area contributed by atoms with Crippen LogP contribution in [-0.4, -0.2) is 27.5 Å². The number of nitrogens with zero attached hydrogens (tertiary/aromatic N) is 2. The quantitative estimate of drug-likeness (QED) is 0.867. The Kier molecular flexibility index (Phi) is 5.05. The molecule has 2 aromatic rings. The molecule has 0 saturated heterocycles. The van der Waals surface area contributed by atoms with Gasteiger partial charge in [0.2, 0.25) is 0 Å². The summed E-state index contributed by atoms with van der Waals surface area (Å²) in [6.45, 7) is 1.46. The summed E-state index contributed by atoms with van der Waals surface area (Å²) in [6, 6.07) is 4.76. The predicted molar refractivity (Wildman–Crippen MR) is 83.2 cm³/mol. The van der Waals surface area contributed by atoms with Crippen LogP contribution in [0.3, 0.4) is 0 Å². The molecule has 0 bridgehead atoms. The van der Waals surface area contributed by atoms with Crippen LogP contribution in [-0.2, 0) is 16.6 Å². The molecule has 2 heterocycles. The van der Waals surface area contributed by atoms with Gasteiger partial charge in [0.15, 0.2) is 11.9 Å². The Bertz CT molecular complexity index is 715. The van der Waals surface area contributed by atoms with E-state index in [4.69, 9.17) is 27.9 Å². The fourth-order valence-electron chi connectivity index (χ4n) is 1.67. The molecule has 116 valence electrons. The lowest BCUT2D eigenvalue weighted by Gasteiger charge is -2.14. The summed E-state index contributed by atoms with van der Waals surface area (Å²) < 4.78 is 6.71. The highest BCUT2D eigenvalue weighted by Gasteiger charge is 2.21. The summed E-state index contributed by atoms with van der Waals surface area (Å²) in [6.07, 6.45) is 2.05. The maximum absolute atomic E-state index is 12.0. The van der Waals surface area contributed by atoms with Crippen molar-refractivity contribution in [3.8, 4) is 0 Å². The van der Waals surface area contributed by atoms with E-state index in [-0.39, 0.29) is 10.8 Å². The van der Waals surface area contributed by atoms with E-state index in [2.05, 4.69) is 10.3 Å². The fraction of sp³-hybridized carbons (Fsp3) is 0.214. The van der Waals surface area contributed by atoms with Crippen molar-refractivity contribution < 1.29 is 14.3 Å². The van der Waals surface area contributed by atoms with Gasteiger partial charge in [0.25, 0.3) is 5.91 Å². The highest BCUT2D eigenvalue weighted by atomic mass is 35.5. The van der Waals surface area contributed by atoms with Crippen LogP contribution >= 0.6 is 23.2 Å². The summed E-state index contributed by atoms with van der Waals surface area (Å²) >= 11 is 11.6. The van der Waals surface area contributed by atoms with Crippen molar-refractivity contribution in [1.29, 1.82) is 0 Å². The van der Waals surface area contributed by atoms with Crippen LogP contribution in [0, 0.1) is 0 Å². The molecule has 0 spiro atoms. The van der Waals surface area contributed by atoms with Gasteiger partial charge in [-0.05, 0) is 25.1 Å². The molecule has 1 N–H and O–H groups in total. The molecule has 0 aliphatic heterocycles. The van der Waals surface area contributed by atoms with E-state index in [1.807, 2.05) is 0 Å². The third kappa shape index (κ3) is 3.78. The van der Waals surface area contributed by atoms with E-state index in [1.54, 1.807) is 29.9 Å². The van der Waals surface area contributed by atoms with Crippen LogP contribution in [0.4, 0.5) is 5.82 Å². The van der Waals surface area contributed by atoms with Crippen molar-refractivity contribution >= 4 is 40.9 Å². The van der Waals surface area contributed by atoms with Gasteiger partial charge in [-0.25, -0.2) is 9.78 Å². The van der Waals surface area contributed by atoms with Gasteiger partial charge < -0.3 is 14.6 Å². The molecule has 0 unspecified atom stereocenters. The van der Waals surface area contributed by atoms with Crippen LogP contribution in [0.2, 0.25) is 10.0 Å². The minimum absolute atomic E-state index is 0.151. The average Bonchev–Trinajstić information content (AvgIpc) is 2.88. The average molecular weight is 342 g/mol. The van der Waals surface area contributed by atoms with Crippen LogP contribution in [0.5, 0.6) is 0 Å². The molecule has 0 aromatic carbocycles. The van der Waals surface area contributed by atoms with Crippen LogP contribution in [0.15, 0.2) is 30.6 Å². The first-order valence-corrected chi connectivity index (χ1v) is 7.08. The largest absolute Gasteiger partial charge is 0.448 e. The van der Waals surface area contributed by atoms with Crippen molar-refractivity contribution in [1.82, 2.24) is 9.55 Å². The molecule has 6 nitrogen and oxygen atoms in total. The van der Waals surface area contributed by atoms with E-state index >= 15 is 0 Å². The highest BCUT2D eigenvalue weighted by Crippen LogP contribution is 2.22. The maximum Gasteiger partial charge on any atom is 0.355 e. The molecule has 2 rings (SSSR count). The summed E-state index contributed by atoms with van der Waals surface area (Å²) in [5, 5.41) is 3.03.